The molecule has 0 unspecified atom stereocenters. The summed E-state index contributed by atoms with van der Waals surface area (Å²) in [4.78, 5) is 42.7. The molecule has 1 heterocycles. The standard InChI is InChI=1S/C25H38Cl2N4O6.BrH.3Na/c1-25(2,3)37-24(36)18-31-13-8-28(15-19-20(26)5-4-6-21(19)27)7-9-29(16-22(32)33)10-11-30(12-14-31)17-23(34)35;;;;/h4-6H,7-18H2,1-3H3,(H,32,33)(H,34,35);1H;;;/q;;3*+1/p-3. The second kappa shape index (κ2) is 23.8. The molecule has 0 aromatic heterocycles. The molecular weight excluding hydrogens is 672 g/mol. The first kappa shape index (κ1) is 46.9. The monoisotopic (exact) mass is 706 g/mol. The van der Waals surface area contributed by atoms with Crippen molar-refractivity contribution in [3.8, 4) is 0 Å². The van der Waals surface area contributed by atoms with Crippen molar-refractivity contribution < 1.29 is 135 Å². The molecule has 0 bridgehead atoms. The maximum atomic E-state index is 12.6. The maximum Gasteiger partial charge on any atom is 1.00 e. The summed E-state index contributed by atoms with van der Waals surface area (Å²) in [6.45, 7) is 8.65. The molecule has 1 aromatic carbocycles. The summed E-state index contributed by atoms with van der Waals surface area (Å²) >= 11 is 12.8. The number of aliphatic carboxylic acids is 2. The van der Waals surface area contributed by atoms with Gasteiger partial charge in [0.05, 0.1) is 18.5 Å². The van der Waals surface area contributed by atoms with Gasteiger partial charge in [-0.25, -0.2) is 0 Å². The number of ether oxygens (including phenoxy) is 1. The predicted octanol–water partition coefficient (Wildman–Crippen LogP) is -12.4. The van der Waals surface area contributed by atoms with E-state index >= 15 is 0 Å². The molecule has 1 aliphatic rings. The van der Waals surface area contributed by atoms with Crippen molar-refractivity contribution in [3.05, 3.63) is 33.8 Å². The molecule has 41 heavy (non-hydrogen) atoms. The minimum Gasteiger partial charge on any atom is -1.00 e. The van der Waals surface area contributed by atoms with Gasteiger partial charge < -0.3 is 41.5 Å². The smallest absolute Gasteiger partial charge is 1.00 e. The number of halogens is 3. The van der Waals surface area contributed by atoms with Crippen molar-refractivity contribution in [2.75, 3.05) is 72.0 Å². The van der Waals surface area contributed by atoms with Crippen molar-refractivity contribution in [2.24, 2.45) is 0 Å². The van der Waals surface area contributed by atoms with Crippen molar-refractivity contribution in [3.63, 3.8) is 0 Å². The zero-order chi connectivity index (χ0) is 27.6. The third-order valence-corrected chi connectivity index (χ3v) is 6.56. The molecule has 0 amide bonds. The van der Waals surface area contributed by atoms with Gasteiger partial charge in [0, 0.05) is 87.6 Å². The summed E-state index contributed by atoms with van der Waals surface area (Å²) in [6, 6.07) is 5.30. The van der Waals surface area contributed by atoms with E-state index in [2.05, 4.69) is 4.90 Å². The molecule has 0 atom stereocenters. The Balaban J connectivity index is -0.00000361. The third kappa shape index (κ3) is 20.3. The van der Waals surface area contributed by atoms with Crippen molar-refractivity contribution >= 4 is 41.1 Å². The van der Waals surface area contributed by atoms with Crippen LogP contribution in [0.3, 0.4) is 0 Å². The van der Waals surface area contributed by atoms with Gasteiger partial charge in [-0.3, -0.25) is 24.4 Å². The van der Waals surface area contributed by atoms with Gasteiger partial charge in [0.15, 0.2) is 0 Å². The summed E-state index contributed by atoms with van der Waals surface area (Å²) in [5.41, 5.74) is 0.142. The Hall–Kier alpha value is 1.53. The first-order chi connectivity index (χ1) is 17.3. The maximum absolute atomic E-state index is 12.6. The van der Waals surface area contributed by atoms with E-state index in [0.29, 0.717) is 68.9 Å². The van der Waals surface area contributed by atoms with Gasteiger partial charge in [-0.1, -0.05) is 29.3 Å². The fourth-order valence-corrected chi connectivity index (χ4v) is 4.56. The number of carboxylic acids is 2. The average Bonchev–Trinajstić information content (AvgIpc) is 2.75. The Morgan fingerprint density at radius 2 is 1.07 bits per heavy atom. The van der Waals surface area contributed by atoms with Crippen LogP contribution in [0.1, 0.15) is 26.3 Å². The van der Waals surface area contributed by atoms with Gasteiger partial charge in [0.1, 0.15) is 5.60 Å². The van der Waals surface area contributed by atoms with Gasteiger partial charge in [0.25, 0.3) is 0 Å². The van der Waals surface area contributed by atoms with Crippen LogP contribution in [-0.4, -0.2) is 115 Å². The van der Waals surface area contributed by atoms with Gasteiger partial charge in [-0.15, -0.1) is 0 Å². The Morgan fingerprint density at radius 3 is 1.41 bits per heavy atom. The second-order valence-corrected chi connectivity index (χ2v) is 10.9. The third-order valence-electron chi connectivity index (χ3n) is 5.85. The molecular formula is C25H36BrCl2N4Na3O6. The number of carbonyl (C=O) groups is 3. The Bertz CT molecular complexity index is 929. The van der Waals surface area contributed by atoms with E-state index in [0.717, 1.165) is 5.56 Å². The van der Waals surface area contributed by atoms with Crippen LogP contribution < -0.4 is 116 Å². The Morgan fingerprint density at radius 1 is 0.732 bits per heavy atom. The number of hydrogen-bond donors (Lipinski definition) is 0. The SMILES string of the molecule is CC(C)(C)OC(=O)CN1CCN(CC(=O)[O-])CCN(CC(=O)[O-])CCN(Cc2c(Cl)cccc2Cl)CC1.[Br-].[Na+].[Na+].[Na+]. The zero-order valence-electron chi connectivity index (χ0n) is 25.1. The van der Waals surface area contributed by atoms with Crippen LogP contribution in [0.2, 0.25) is 10.0 Å². The first-order valence-corrected chi connectivity index (χ1v) is 13.0. The largest absolute Gasteiger partial charge is 1.00 e. The van der Waals surface area contributed by atoms with Crippen LogP contribution in [0.5, 0.6) is 0 Å². The summed E-state index contributed by atoms with van der Waals surface area (Å²) in [5, 5.41) is 23.7. The zero-order valence-corrected chi connectivity index (χ0v) is 34.2. The average molecular weight is 708 g/mol. The van der Waals surface area contributed by atoms with Crippen molar-refractivity contribution in [1.29, 1.82) is 0 Å². The number of carboxylic acid groups (broad SMARTS) is 2. The summed E-state index contributed by atoms with van der Waals surface area (Å²) in [5.74, 6) is -2.80. The molecule has 10 nitrogen and oxygen atoms in total. The van der Waals surface area contributed by atoms with Crippen LogP contribution in [0.15, 0.2) is 18.2 Å². The van der Waals surface area contributed by atoms with Crippen LogP contribution in [0, 0.1) is 0 Å². The molecule has 0 N–H and O–H groups in total. The normalized spacial score (nSPS) is 16.3. The topological polar surface area (TPSA) is 120 Å². The fourth-order valence-electron chi connectivity index (χ4n) is 4.04. The number of benzene rings is 1. The Kier molecular flexibility index (Phi) is 27.3. The fraction of sp³-hybridized carbons (Fsp3) is 0.640. The molecule has 1 fully saturated rings. The number of rotatable bonds is 8. The van der Waals surface area contributed by atoms with Crippen LogP contribution in [0.4, 0.5) is 0 Å². The molecule has 1 saturated heterocycles. The van der Waals surface area contributed by atoms with Gasteiger partial charge in [0.2, 0.25) is 0 Å². The molecule has 2 rings (SSSR count). The van der Waals surface area contributed by atoms with E-state index in [-0.39, 0.29) is 131 Å². The first-order valence-electron chi connectivity index (χ1n) is 12.3. The molecule has 0 spiro atoms. The van der Waals surface area contributed by atoms with Crippen LogP contribution in [-0.2, 0) is 25.7 Å². The minimum absolute atomic E-state index is 0. The number of hydrogen-bond acceptors (Lipinski definition) is 10. The van der Waals surface area contributed by atoms with E-state index in [1.807, 2.05) is 4.90 Å². The van der Waals surface area contributed by atoms with E-state index in [9.17, 15) is 24.6 Å². The van der Waals surface area contributed by atoms with Crippen molar-refractivity contribution in [1.82, 2.24) is 19.6 Å². The van der Waals surface area contributed by atoms with E-state index < -0.39 is 17.5 Å². The molecule has 216 valence electrons. The summed E-state index contributed by atoms with van der Waals surface area (Å²) in [7, 11) is 0. The quantitative estimate of drug-likeness (QED) is 0.191. The summed E-state index contributed by atoms with van der Waals surface area (Å²) < 4.78 is 5.49. The molecule has 1 aliphatic heterocycles. The van der Waals surface area contributed by atoms with Crippen LogP contribution >= 0.6 is 23.2 Å². The number of nitrogens with zero attached hydrogens (tertiary/aromatic N) is 4. The molecule has 0 saturated carbocycles. The number of carbonyl (C=O) groups excluding carboxylic acids is 3. The van der Waals surface area contributed by atoms with E-state index in [1.165, 1.54) is 0 Å². The molecule has 0 aliphatic carbocycles. The molecule has 1 aromatic rings. The van der Waals surface area contributed by atoms with Crippen molar-refractivity contribution in [2.45, 2.75) is 32.9 Å². The Labute approximate surface area is 330 Å². The molecule has 16 heteroatoms. The number of esters is 1. The minimum atomic E-state index is -1.22. The summed E-state index contributed by atoms with van der Waals surface area (Å²) in [6.07, 6.45) is 0. The van der Waals surface area contributed by atoms with E-state index in [4.69, 9.17) is 27.9 Å². The van der Waals surface area contributed by atoms with Gasteiger partial charge in [-0.05, 0) is 32.9 Å². The van der Waals surface area contributed by atoms with Crippen LogP contribution in [0.25, 0.3) is 0 Å². The molecule has 0 radical (unpaired) electrons. The van der Waals surface area contributed by atoms with Gasteiger partial charge >= 0.3 is 94.6 Å². The predicted molar refractivity (Wildman–Crippen MR) is 137 cm³/mol. The van der Waals surface area contributed by atoms with Gasteiger partial charge in [-0.2, -0.15) is 0 Å². The second-order valence-electron chi connectivity index (χ2n) is 10.1. The van der Waals surface area contributed by atoms with E-state index in [1.54, 1.807) is 48.8 Å².